The van der Waals surface area contributed by atoms with E-state index in [-0.39, 0.29) is 46.9 Å². The Kier molecular flexibility index (Phi) is 17.8. The fraction of sp³-hybridized carbons (Fsp3) is 0.814. The van der Waals surface area contributed by atoms with Crippen molar-refractivity contribution >= 4 is 23.8 Å². The summed E-state index contributed by atoms with van der Waals surface area (Å²) in [6, 6.07) is -0.521. The lowest BCUT2D eigenvalue weighted by Crippen LogP contribution is -2.54. The summed E-state index contributed by atoms with van der Waals surface area (Å²) in [5.74, 6) is 0.343. The molecule has 2 heterocycles. The van der Waals surface area contributed by atoms with Crippen LogP contribution in [0.2, 0.25) is 0 Å². The summed E-state index contributed by atoms with van der Waals surface area (Å²) < 4.78 is 6.49. The standard InChI is InChI=1S/C43H73NO6/c1-13-35(37(46)18-17-30(6)38(47)34(10)25-43(11,12)24-27(2)3)22-29(5)20-28(4)21-31(7)40-32(8)23-33(9)41(50-40)39(48)42(49)44-19-15-14-16-36(44)26-45/h22,25-28,30-33,35-36,38,40-41,47H,13-21,23-24H2,1-12H3/b29-22+,34-25+/t28?,30-,31+,32?,33?,35-,36?,38+,40-,41?/m1/s1. The predicted molar refractivity (Wildman–Crippen MR) is 204 cm³/mol. The molecule has 2 aliphatic rings. The van der Waals surface area contributed by atoms with Crippen molar-refractivity contribution in [3.8, 4) is 0 Å². The van der Waals surface area contributed by atoms with Gasteiger partial charge in [0.05, 0.1) is 18.2 Å². The number of aliphatic hydroxyl groups is 1. The van der Waals surface area contributed by atoms with Crippen LogP contribution in [0.1, 0.15) is 147 Å². The number of likely N-dealkylation sites (tertiary alicyclic amines) is 1. The fourth-order valence-electron chi connectivity index (χ4n) is 9.14. The molecule has 2 rings (SSSR count). The van der Waals surface area contributed by atoms with Gasteiger partial charge in [0.25, 0.3) is 5.91 Å². The zero-order valence-electron chi connectivity index (χ0n) is 33.8. The molecule has 0 bridgehead atoms. The monoisotopic (exact) mass is 700 g/mol. The summed E-state index contributed by atoms with van der Waals surface area (Å²) in [4.78, 5) is 53.1. The molecule has 5 unspecified atom stereocenters. The minimum Gasteiger partial charge on any atom is -0.388 e. The molecule has 0 aromatic rings. The van der Waals surface area contributed by atoms with Crippen molar-refractivity contribution in [1.29, 1.82) is 0 Å². The molecule has 2 saturated heterocycles. The molecular weight excluding hydrogens is 626 g/mol. The Morgan fingerprint density at radius 1 is 1.02 bits per heavy atom. The largest absolute Gasteiger partial charge is 0.388 e. The molecular formula is C43H73NO6. The highest BCUT2D eigenvalue weighted by molar-refractivity contribution is 6.38. The summed E-state index contributed by atoms with van der Waals surface area (Å²) in [6.45, 7) is 26.1. The number of ether oxygens (including phenoxy) is 1. The molecule has 2 fully saturated rings. The lowest BCUT2D eigenvalue weighted by Gasteiger charge is -2.42. The highest BCUT2D eigenvalue weighted by Crippen LogP contribution is 2.37. The van der Waals surface area contributed by atoms with Crippen molar-refractivity contribution in [2.45, 2.75) is 172 Å². The molecule has 50 heavy (non-hydrogen) atoms. The number of piperidine rings is 1. The van der Waals surface area contributed by atoms with Crippen molar-refractivity contribution < 1.29 is 29.0 Å². The molecule has 7 nitrogen and oxygen atoms in total. The zero-order valence-corrected chi connectivity index (χ0v) is 33.8. The molecule has 0 saturated carbocycles. The van der Waals surface area contributed by atoms with E-state index >= 15 is 0 Å². The van der Waals surface area contributed by atoms with Crippen LogP contribution in [0.3, 0.4) is 0 Å². The summed E-state index contributed by atoms with van der Waals surface area (Å²) in [6.07, 6.45) is 11.5. The van der Waals surface area contributed by atoms with E-state index < -0.39 is 29.9 Å². The average molecular weight is 700 g/mol. The zero-order chi connectivity index (χ0) is 37.9. The topological polar surface area (TPSA) is 101 Å². The highest BCUT2D eigenvalue weighted by Gasteiger charge is 2.44. The third-order valence-corrected chi connectivity index (χ3v) is 11.3. The summed E-state index contributed by atoms with van der Waals surface area (Å²) in [5, 5.41) is 11.0. The first kappa shape index (κ1) is 44.0. The van der Waals surface area contributed by atoms with E-state index in [9.17, 15) is 24.3 Å². The first-order valence-corrected chi connectivity index (χ1v) is 19.8. The van der Waals surface area contributed by atoms with E-state index in [0.717, 1.165) is 56.8 Å². The molecule has 0 radical (unpaired) electrons. The van der Waals surface area contributed by atoms with E-state index in [0.29, 0.717) is 37.6 Å². The molecule has 10 atom stereocenters. The van der Waals surface area contributed by atoms with Crippen molar-refractivity contribution in [3.63, 3.8) is 0 Å². The maximum absolute atomic E-state index is 13.4. The number of rotatable bonds is 19. The second-order valence-corrected chi connectivity index (χ2v) is 17.7. The van der Waals surface area contributed by atoms with Gasteiger partial charge in [-0.2, -0.15) is 0 Å². The number of amides is 1. The van der Waals surface area contributed by atoms with Crippen molar-refractivity contribution in [1.82, 2.24) is 4.90 Å². The fourth-order valence-corrected chi connectivity index (χ4v) is 9.14. The van der Waals surface area contributed by atoms with Gasteiger partial charge in [-0.1, -0.05) is 87.0 Å². The Morgan fingerprint density at radius 3 is 2.28 bits per heavy atom. The van der Waals surface area contributed by atoms with E-state index in [4.69, 9.17) is 4.74 Å². The first-order valence-electron chi connectivity index (χ1n) is 19.8. The van der Waals surface area contributed by atoms with Crippen molar-refractivity contribution in [2.75, 3.05) is 6.54 Å². The van der Waals surface area contributed by atoms with Gasteiger partial charge in [-0.25, -0.2) is 0 Å². The second kappa shape index (κ2) is 20.2. The van der Waals surface area contributed by atoms with Crippen LogP contribution in [-0.2, 0) is 23.9 Å². The Hall–Kier alpha value is -2.12. The maximum Gasteiger partial charge on any atom is 0.293 e. The molecule has 0 aliphatic carbocycles. The van der Waals surface area contributed by atoms with Gasteiger partial charge in [-0.05, 0) is 118 Å². The summed E-state index contributed by atoms with van der Waals surface area (Å²) in [5.41, 5.74) is 2.22. The van der Waals surface area contributed by atoms with Gasteiger partial charge in [0, 0.05) is 18.9 Å². The third-order valence-electron chi connectivity index (χ3n) is 11.3. The molecule has 7 heteroatoms. The number of ketones is 2. The number of carbonyl (C=O) groups excluding carboxylic acids is 4. The molecule has 0 spiro atoms. The van der Waals surface area contributed by atoms with Gasteiger partial charge < -0.3 is 19.5 Å². The van der Waals surface area contributed by atoms with Crippen LogP contribution in [-0.4, -0.2) is 64.7 Å². The van der Waals surface area contributed by atoms with Gasteiger partial charge in [0.1, 0.15) is 18.2 Å². The number of aliphatic hydroxyl groups excluding tert-OH is 1. The van der Waals surface area contributed by atoms with Gasteiger partial charge >= 0.3 is 0 Å². The minimum absolute atomic E-state index is 0.00701. The SMILES string of the molecule is CC[C@H](/C=C(\C)CC(C)C[C@H](C)[C@H]1OC(C(=O)C(=O)N2CCCCC2C=O)C(C)CC1C)C(=O)CC[C@@H](C)[C@H](O)/C(C)=C/C(C)(C)CC(C)C. The number of hydrogen-bond donors (Lipinski definition) is 1. The summed E-state index contributed by atoms with van der Waals surface area (Å²) in [7, 11) is 0. The van der Waals surface area contributed by atoms with Crippen LogP contribution in [0.5, 0.6) is 0 Å². The smallest absolute Gasteiger partial charge is 0.293 e. The Bertz CT molecular complexity index is 1190. The van der Waals surface area contributed by atoms with Crippen LogP contribution in [0, 0.1) is 46.8 Å². The minimum atomic E-state index is -0.783. The van der Waals surface area contributed by atoms with Crippen LogP contribution < -0.4 is 0 Å². The van der Waals surface area contributed by atoms with Crippen LogP contribution in [0.15, 0.2) is 23.3 Å². The van der Waals surface area contributed by atoms with Gasteiger partial charge in [-0.15, -0.1) is 0 Å². The van der Waals surface area contributed by atoms with Crippen molar-refractivity contribution in [2.24, 2.45) is 46.8 Å². The Labute approximate surface area is 305 Å². The number of carbonyl (C=O) groups is 4. The van der Waals surface area contributed by atoms with E-state index in [2.05, 4.69) is 74.5 Å². The number of Topliss-reactive ketones (excluding diaryl/α,β-unsaturated/α-hetero) is 2. The molecule has 2 aliphatic heterocycles. The quantitative estimate of drug-likeness (QED) is 0.0821. The average Bonchev–Trinajstić information content (AvgIpc) is 3.03. The predicted octanol–water partition coefficient (Wildman–Crippen LogP) is 8.96. The van der Waals surface area contributed by atoms with Gasteiger partial charge in [0.2, 0.25) is 5.78 Å². The first-order chi connectivity index (χ1) is 23.3. The van der Waals surface area contributed by atoms with Gasteiger partial charge in [0.15, 0.2) is 0 Å². The molecule has 1 amide bonds. The number of nitrogens with zero attached hydrogens (tertiary/aromatic N) is 1. The normalized spacial score (nSPS) is 27.0. The summed E-state index contributed by atoms with van der Waals surface area (Å²) >= 11 is 0. The molecule has 0 aromatic heterocycles. The maximum atomic E-state index is 13.4. The van der Waals surface area contributed by atoms with Crippen LogP contribution >= 0.6 is 0 Å². The molecule has 286 valence electrons. The number of allylic oxidation sites excluding steroid dienone is 3. The van der Waals surface area contributed by atoms with E-state index in [1.807, 2.05) is 20.8 Å². The van der Waals surface area contributed by atoms with E-state index in [1.54, 1.807) is 0 Å². The van der Waals surface area contributed by atoms with Crippen LogP contribution in [0.25, 0.3) is 0 Å². The van der Waals surface area contributed by atoms with Crippen molar-refractivity contribution in [3.05, 3.63) is 23.3 Å². The van der Waals surface area contributed by atoms with Crippen LogP contribution in [0.4, 0.5) is 0 Å². The molecule has 1 N–H and O–H groups in total. The van der Waals surface area contributed by atoms with E-state index in [1.165, 1.54) is 10.5 Å². The number of aldehydes is 1. The molecule has 0 aromatic carbocycles. The lowest BCUT2D eigenvalue weighted by atomic mass is 9.77. The van der Waals surface area contributed by atoms with Gasteiger partial charge in [-0.3, -0.25) is 14.4 Å². The highest BCUT2D eigenvalue weighted by atomic mass is 16.5. The lowest BCUT2D eigenvalue weighted by molar-refractivity contribution is -0.169. The Morgan fingerprint density at radius 2 is 1.68 bits per heavy atom. The second-order valence-electron chi connectivity index (χ2n) is 17.7. The number of hydrogen-bond acceptors (Lipinski definition) is 6. The Balaban J connectivity index is 1.96. The third kappa shape index (κ3) is 13.1.